The molecule has 1 aliphatic rings. The van der Waals surface area contributed by atoms with Gasteiger partial charge in [0.05, 0.1) is 0 Å². The van der Waals surface area contributed by atoms with Crippen LogP contribution in [0.4, 0.5) is 4.79 Å². The van der Waals surface area contributed by atoms with Gasteiger partial charge in [-0.3, -0.25) is 4.79 Å². The number of nitrogens with one attached hydrogen (secondary N) is 2. The predicted molar refractivity (Wildman–Crippen MR) is 78.5 cm³/mol. The summed E-state index contributed by atoms with van der Waals surface area (Å²) in [4.78, 5) is 22.2. The third-order valence-electron chi connectivity index (χ3n) is 4.56. The van der Waals surface area contributed by atoms with Crippen LogP contribution < -0.4 is 10.6 Å². The Morgan fingerprint density at radius 3 is 2.50 bits per heavy atom. The smallest absolute Gasteiger partial charge is 0.315 e. The van der Waals surface area contributed by atoms with Gasteiger partial charge in [0.2, 0.25) is 0 Å². The van der Waals surface area contributed by atoms with Crippen molar-refractivity contribution in [3.05, 3.63) is 0 Å². The summed E-state index contributed by atoms with van der Waals surface area (Å²) in [6.45, 7) is 7.04. The molecule has 0 aromatic rings. The molecule has 1 aliphatic carbocycles. The molecule has 0 spiro atoms. The monoisotopic (exact) mass is 284 g/mol. The molecule has 1 rings (SSSR count). The lowest BCUT2D eigenvalue weighted by molar-refractivity contribution is -0.137. The second-order valence-electron chi connectivity index (χ2n) is 6.25. The minimum Gasteiger partial charge on any atom is -0.481 e. The molecule has 1 saturated carbocycles. The highest BCUT2D eigenvalue weighted by Gasteiger charge is 2.30. The van der Waals surface area contributed by atoms with E-state index in [0.29, 0.717) is 30.7 Å². The van der Waals surface area contributed by atoms with Crippen molar-refractivity contribution in [3.8, 4) is 0 Å². The van der Waals surface area contributed by atoms with Crippen molar-refractivity contribution in [2.75, 3.05) is 6.54 Å². The van der Waals surface area contributed by atoms with E-state index >= 15 is 0 Å². The van der Waals surface area contributed by atoms with Gasteiger partial charge in [-0.15, -0.1) is 0 Å². The average molecular weight is 284 g/mol. The first-order valence-corrected chi connectivity index (χ1v) is 7.66. The fraction of sp³-hybridized carbons (Fsp3) is 0.867. The van der Waals surface area contributed by atoms with Gasteiger partial charge in [-0.1, -0.05) is 20.8 Å². The number of aliphatic carboxylic acids is 1. The van der Waals surface area contributed by atoms with Crippen LogP contribution in [-0.2, 0) is 4.79 Å². The van der Waals surface area contributed by atoms with E-state index in [1.54, 1.807) is 0 Å². The highest BCUT2D eigenvalue weighted by Crippen LogP contribution is 2.30. The molecule has 20 heavy (non-hydrogen) atoms. The zero-order valence-electron chi connectivity index (χ0n) is 12.8. The van der Waals surface area contributed by atoms with Crippen molar-refractivity contribution in [3.63, 3.8) is 0 Å². The molecule has 0 aliphatic heterocycles. The molecule has 116 valence electrons. The summed E-state index contributed by atoms with van der Waals surface area (Å²) >= 11 is 0. The van der Waals surface area contributed by atoms with E-state index in [4.69, 9.17) is 5.11 Å². The molecule has 0 aromatic carbocycles. The molecule has 0 heterocycles. The van der Waals surface area contributed by atoms with E-state index in [2.05, 4.69) is 24.5 Å². The zero-order chi connectivity index (χ0) is 15.1. The molecule has 5 nitrogen and oxygen atoms in total. The quantitative estimate of drug-likeness (QED) is 0.672. The van der Waals surface area contributed by atoms with E-state index in [9.17, 15) is 9.59 Å². The highest BCUT2D eigenvalue weighted by molar-refractivity contribution is 5.74. The van der Waals surface area contributed by atoms with E-state index in [0.717, 1.165) is 12.8 Å². The number of hydrogen-bond donors (Lipinski definition) is 3. The summed E-state index contributed by atoms with van der Waals surface area (Å²) in [6.07, 6.45) is 3.92. The molecule has 0 bridgehead atoms. The summed E-state index contributed by atoms with van der Waals surface area (Å²) in [5, 5.41) is 14.5. The number of carbonyl (C=O) groups excluding carboxylic acids is 1. The van der Waals surface area contributed by atoms with E-state index < -0.39 is 5.97 Å². The maximum absolute atomic E-state index is 11.8. The number of amides is 2. The van der Waals surface area contributed by atoms with Gasteiger partial charge in [0, 0.05) is 19.0 Å². The molecule has 4 atom stereocenters. The first kappa shape index (κ1) is 16.8. The summed E-state index contributed by atoms with van der Waals surface area (Å²) in [5.41, 5.74) is 0. The second-order valence-corrected chi connectivity index (χ2v) is 6.25. The lowest BCUT2D eigenvalue weighted by Gasteiger charge is -2.20. The standard InChI is InChI=1S/C15H28N2O3/c1-10(4-7-14(18)19)8-9-16-15(20)17-13-6-5-11(2)12(13)3/h10-13H,4-9H2,1-3H3,(H,18,19)(H2,16,17,20). The molecule has 3 N–H and O–H groups in total. The van der Waals surface area contributed by atoms with Gasteiger partial charge in [-0.2, -0.15) is 0 Å². The van der Waals surface area contributed by atoms with Crippen molar-refractivity contribution in [1.29, 1.82) is 0 Å². The lowest BCUT2D eigenvalue weighted by Crippen LogP contribution is -2.44. The van der Waals surface area contributed by atoms with E-state index in [1.807, 2.05) is 6.92 Å². The van der Waals surface area contributed by atoms with E-state index in [-0.39, 0.29) is 18.5 Å². The molecular weight excluding hydrogens is 256 g/mol. The van der Waals surface area contributed by atoms with Crippen LogP contribution in [-0.4, -0.2) is 29.7 Å². The van der Waals surface area contributed by atoms with Crippen LogP contribution in [0, 0.1) is 17.8 Å². The summed E-state index contributed by atoms with van der Waals surface area (Å²) in [6, 6.07) is 0.191. The summed E-state index contributed by atoms with van der Waals surface area (Å²) in [7, 11) is 0. The minimum absolute atomic E-state index is 0.0959. The van der Waals surface area contributed by atoms with Gasteiger partial charge in [0.15, 0.2) is 0 Å². The first-order valence-electron chi connectivity index (χ1n) is 7.66. The molecule has 2 amide bonds. The van der Waals surface area contributed by atoms with Crippen molar-refractivity contribution >= 4 is 12.0 Å². The van der Waals surface area contributed by atoms with Crippen molar-refractivity contribution in [2.24, 2.45) is 17.8 Å². The number of carboxylic acids is 1. The molecule has 0 radical (unpaired) electrons. The first-order chi connectivity index (χ1) is 9.40. The maximum atomic E-state index is 11.8. The van der Waals surface area contributed by atoms with Gasteiger partial charge in [-0.05, 0) is 43.4 Å². The van der Waals surface area contributed by atoms with Crippen molar-refractivity contribution < 1.29 is 14.7 Å². The Balaban J connectivity index is 2.12. The number of urea groups is 1. The Kier molecular flexibility index (Phi) is 6.82. The maximum Gasteiger partial charge on any atom is 0.315 e. The van der Waals surface area contributed by atoms with Gasteiger partial charge >= 0.3 is 12.0 Å². The zero-order valence-corrected chi connectivity index (χ0v) is 12.8. The van der Waals surface area contributed by atoms with Crippen LogP contribution in [0.5, 0.6) is 0 Å². The third kappa shape index (κ3) is 5.80. The normalized spacial score (nSPS) is 27.1. The molecule has 0 saturated heterocycles. The second kappa shape index (κ2) is 8.12. The van der Waals surface area contributed by atoms with Gasteiger partial charge in [0.1, 0.15) is 0 Å². The molecule has 5 heteroatoms. The SMILES string of the molecule is CC(CCNC(=O)NC1CCC(C)C1C)CCC(=O)O. The Morgan fingerprint density at radius 2 is 1.95 bits per heavy atom. The van der Waals surface area contributed by atoms with E-state index in [1.165, 1.54) is 6.42 Å². The van der Waals surface area contributed by atoms with Crippen LogP contribution in [0.1, 0.15) is 52.9 Å². The number of rotatable bonds is 7. The Bertz CT molecular complexity index is 333. The lowest BCUT2D eigenvalue weighted by atomic mass is 9.98. The predicted octanol–water partition coefficient (Wildman–Crippen LogP) is 2.61. The minimum atomic E-state index is -0.758. The molecule has 4 unspecified atom stereocenters. The van der Waals surface area contributed by atoms with Gasteiger partial charge in [-0.25, -0.2) is 4.79 Å². The number of hydrogen-bond acceptors (Lipinski definition) is 2. The summed E-state index contributed by atoms with van der Waals surface area (Å²) < 4.78 is 0. The van der Waals surface area contributed by atoms with Crippen LogP contribution in [0.3, 0.4) is 0 Å². The molecule has 1 fully saturated rings. The van der Waals surface area contributed by atoms with Crippen LogP contribution >= 0.6 is 0 Å². The van der Waals surface area contributed by atoms with Gasteiger partial charge < -0.3 is 15.7 Å². The number of carbonyl (C=O) groups is 2. The topological polar surface area (TPSA) is 78.4 Å². The largest absolute Gasteiger partial charge is 0.481 e. The highest BCUT2D eigenvalue weighted by atomic mass is 16.4. The number of carboxylic acid groups (broad SMARTS) is 1. The van der Waals surface area contributed by atoms with Gasteiger partial charge in [0.25, 0.3) is 0 Å². The van der Waals surface area contributed by atoms with Crippen LogP contribution in [0.2, 0.25) is 0 Å². The fourth-order valence-corrected chi connectivity index (χ4v) is 2.73. The average Bonchev–Trinajstić information content (AvgIpc) is 2.68. The van der Waals surface area contributed by atoms with Crippen molar-refractivity contribution in [1.82, 2.24) is 10.6 Å². The van der Waals surface area contributed by atoms with Crippen LogP contribution in [0.15, 0.2) is 0 Å². The Hall–Kier alpha value is -1.26. The third-order valence-corrected chi connectivity index (χ3v) is 4.56. The fourth-order valence-electron chi connectivity index (χ4n) is 2.73. The molecular formula is C15H28N2O3. The molecule has 0 aromatic heterocycles. The Morgan fingerprint density at radius 1 is 1.25 bits per heavy atom. The summed E-state index contributed by atoms with van der Waals surface area (Å²) in [5.74, 6) is 0.773. The Labute approximate surface area is 121 Å². The van der Waals surface area contributed by atoms with Crippen LogP contribution in [0.25, 0.3) is 0 Å². The van der Waals surface area contributed by atoms with Crippen molar-refractivity contribution in [2.45, 2.75) is 58.9 Å².